The Hall–Kier alpha value is -2.98. The Balaban J connectivity index is 1.51. The van der Waals surface area contributed by atoms with Crippen molar-refractivity contribution in [3.05, 3.63) is 64.5 Å². The number of nitrogens with zero attached hydrogens (tertiary/aromatic N) is 5. The summed E-state index contributed by atoms with van der Waals surface area (Å²) in [6.07, 6.45) is 0.101. The lowest BCUT2D eigenvalue weighted by Gasteiger charge is -2.10. The zero-order valence-electron chi connectivity index (χ0n) is 16.2. The molecule has 0 aliphatic carbocycles. The number of oxazole rings is 1. The fourth-order valence-electron chi connectivity index (χ4n) is 2.74. The summed E-state index contributed by atoms with van der Waals surface area (Å²) in [5, 5.41) is 15.0. The monoisotopic (exact) mass is 484 g/mol. The molecule has 10 heteroatoms. The van der Waals surface area contributed by atoms with Gasteiger partial charge in [-0.2, -0.15) is 0 Å². The summed E-state index contributed by atoms with van der Waals surface area (Å²) in [6, 6.07) is 15.2. The van der Waals surface area contributed by atoms with Crippen molar-refractivity contribution in [1.29, 1.82) is 0 Å². The van der Waals surface area contributed by atoms with Crippen molar-refractivity contribution in [2.75, 3.05) is 5.32 Å². The molecule has 0 radical (unpaired) electrons. The fraction of sp³-hybridized carbons (Fsp3) is 0.150. The van der Waals surface area contributed by atoms with E-state index in [0.717, 1.165) is 14.9 Å². The molecule has 2 heterocycles. The van der Waals surface area contributed by atoms with E-state index in [2.05, 4.69) is 41.8 Å². The fourth-order valence-corrected chi connectivity index (χ4v) is 3.90. The topological polar surface area (TPSA) is 98.7 Å². The molecular formula is C20H17BrN6O2S. The summed E-state index contributed by atoms with van der Waals surface area (Å²) in [5.74, 6) is 0.935. The molecule has 0 aliphatic heterocycles. The van der Waals surface area contributed by atoms with E-state index in [-0.39, 0.29) is 12.3 Å². The zero-order chi connectivity index (χ0) is 21.1. The summed E-state index contributed by atoms with van der Waals surface area (Å²) in [5.41, 5.74) is 2.13. The van der Waals surface area contributed by atoms with Gasteiger partial charge in [0, 0.05) is 22.0 Å². The molecule has 0 spiro atoms. The van der Waals surface area contributed by atoms with Gasteiger partial charge in [0.15, 0.2) is 0 Å². The van der Waals surface area contributed by atoms with Gasteiger partial charge in [0.05, 0.1) is 17.8 Å². The van der Waals surface area contributed by atoms with Crippen molar-refractivity contribution in [3.63, 3.8) is 0 Å². The molecule has 0 saturated heterocycles. The third-order valence-electron chi connectivity index (χ3n) is 4.24. The normalized spacial score (nSPS) is 10.9. The number of halogens is 1. The Kier molecular flexibility index (Phi) is 5.96. The number of rotatable bonds is 6. The summed E-state index contributed by atoms with van der Waals surface area (Å²) in [4.78, 5) is 18.1. The van der Waals surface area contributed by atoms with E-state index >= 15 is 0 Å². The molecule has 30 heavy (non-hydrogen) atoms. The highest BCUT2D eigenvalue weighted by molar-refractivity contribution is 9.10. The maximum Gasteiger partial charge on any atom is 0.230 e. The molecule has 0 aliphatic rings. The maximum atomic E-state index is 12.7. The van der Waals surface area contributed by atoms with Crippen LogP contribution in [0.1, 0.15) is 11.5 Å². The molecule has 4 rings (SSSR count). The highest BCUT2D eigenvalue weighted by Gasteiger charge is 2.17. The predicted octanol–water partition coefficient (Wildman–Crippen LogP) is 4.27. The number of aromatic nitrogens is 5. The number of benzene rings is 2. The van der Waals surface area contributed by atoms with Crippen LogP contribution >= 0.6 is 27.7 Å². The molecule has 8 nitrogen and oxygen atoms in total. The molecule has 0 saturated carbocycles. The Morgan fingerprint density at radius 3 is 2.77 bits per heavy atom. The standard InChI is InChI=1S/C20H17BrN6O2S/c1-12-15(23-19(29-12)13-6-4-3-5-7-13)11-18(28)22-16-10-14(21)8-9-17(16)30-20-24-25-26-27(20)2/h3-10H,11H2,1-2H3,(H,22,28). The Morgan fingerprint density at radius 2 is 2.03 bits per heavy atom. The first-order valence-corrected chi connectivity index (χ1v) is 10.6. The van der Waals surface area contributed by atoms with Crippen LogP contribution in [0.25, 0.3) is 11.5 Å². The number of nitrogens with one attached hydrogen (secondary N) is 1. The van der Waals surface area contributed by atoms with Gasteiger partial charge in [-0.3, -0.25) is 4.79 Å². The van der Waals surface area contributed by atoms with Crippen molar-refractivity contribution in [2.45, 2.75) is 23.4 Å². The molecule has 152 valence electrons. The van der Waals surface area contributed by atoms with Crippen molar-refractivity contribution in [2.24, 2.45) is 7.05 Å². The van der Waals surface area contributed by atoms with E-state index in [0.29, 0.717) is 28.2 Å². The first kappa shape index (κ1) is 20.3. The van der Waals surface area contributed by atoms with Gasteiger partial charge < -0.3 is 9.73 Å². The quantitative estimate of drug-likeness (QED) is 0.436. The van der Waals surface area contributed by atoms with Gasteiger partial charge in [-0.05, 0) is 59.4 Å². The molecule has 0 fully saturated rings. The number of amides is 1. The Morgan fingerprint density at radius 1 is 1.23 bits per heavy atom. The minimum absolute atomic E-state index is 0.101. The molecule has 1 N–H and O–H groups in total. The second-order valence-corrected chi connectivity index (χ2v) is 8.37. The molecule has 0 bridgehead atoms. The van der Waals surface area contributed by atoms with Gasteiger partial charge in [-0.25, -0.2) is 9.67 Å². The predicted molar refractivity (Wildman–Crippen MR) is 116 cm³/mol. The molecule has 4 aromatic rings. The first-order chi connectivity index (χ1) is 14.5. The van der Waals surface area contributed by atoms with Crippen LogP contribution in [0.15, 0.2) is 67.5 Å². The lowest BCUT2D eigenvalue weighted by atomic mass is 10.2. The van der Waals surface area contributed by atoms with Gasteiger partial charge in [0.2, 0.25) is 17.0 Å². The third-order valence-corrected chi connectivity index (χ3v) is 5.84. The molecule has 2 aromatic carbocycles. The summed E-state index contributed by atoms with van der Waals surface area (Å²) >= 11 is 4.82. The highest BCUT2D eigenvalue weighted by Crippen LogP contribution is 2.34. The van der Waals surface area contributed by atoms with Crippen LogP contribution in [0.3, 0.4) is 0 Å². The number of carbonyl (C=O) groups is 1. The molecule has 0 unspecified atom stereocenters. The molecule has 0 atom stereocenters. The average molecular weight is 485 g/mol. The van der Waals surface area contributed by atoms with Crippen molar-refractivity contribution < 1.29 is 9.21 Å². The van der Waals surface area contributed by atoms with Crippen molar-refractivity contribution in [3.8, 4) is 11.5 Å². The van der Waals surface area contributed by atoms with Crippen LogP contribution in [0.2, 0.25) is 0 Å². The van der Waals surface area contributed by atoms with Crippen LogP contribution in [0.4, 0.5) is 5.69 Å². The number of anilines is 1. The van der Waals surface area contributed by atoms with E-state index in [4.69, 9.17) is 4.42 Å². The Bertz CT molecular complexity index is 1190. The second kappa shape index (κ2) is 8.80. The molecular weight excluding hydrogens is 468 g/mol. The Labute approximate surface area is 185 Å². The first-order valence-electron chi connectivity index (χ1n) is 9.01. The number of tetrazole rings is 1. The molecule has 1 amide bonds. The van der Waals surface area contributed by atoms with Gasteiger partial charge in [0.25, 0.3) is 0 Å². The smallest absolute Gasteiger partial charge is 0.230 e. The number of hydrogen-bond donors (Lipinski definition) is 1. The number of aryl methyl sites for hydroxylation is 2. The summed E-state index contributed by atoms with van der Waals surface area (Å²) in [7, 11) is 1.76. The van der Waals surface area contributed by atoms with E-state index < -0.39 is 0 Å². The average Bonchev–Trinajstić information content (AvgIpc) is 3.30. The zero-order valence-corrected chi connectivity index (χ0v) is 18.6. The highest BCUT2D eigenvalue weighted by atomic mass is 79.9. The van der Waals surface area contributed by atoms with Crippen LogP contribution in [0.5, 0.6) is 0 Å². The largest absolute Gasteiger partial charge is 0.441 e. The van der Waals surface area contributed by atoms with Crippen LogP contribution in [-0.2, 0) is 18.3 Å². The van der Waals surface area contributed by atoms with Crippen LogP contribution < -0.4 is 5.32 Å². The number of carbonyl (C=O) groups excluding carboxylic acids is 1. The number of hydrogen-bond acceptors (Lipinski definition) is 7. The summed E-state index contributed by atoms with van der Waals surface area (Å²) in [6.45, 7) is 1.81. The van der Waals surface area contributed by atoms with Gasteiger partial charge in [-0.1, -0.05) is 34.1 Å². The minimum Gasteiger partial charge on any atom is -0.441 e. The summed E-state index contributed by atoms with van der Waals surface area (Å²) < 4.78 is 8.17. The van der Waals surface area contributed by atoms with Crippen molar-refractivity contribution >= 4 is 39.3 Å². The van der Waals surface area contributed by atoms with Crippen LogP contribution in [0, 0.1) is 6.92 Å². The van der Waals surface area contributed by atoms with Crippen molar-refractivity contribution in [1.82, 2.24) is 25.2 Å². The van der Waals surface area contributed by atoms with E-state index in [9.17, 15) is 4.79 Å². The molecule has 2 aromatic heterocycles. The van der Waals surface area contributed by atoms with Crippen LogP contribution in [-0.4, -0.2) is 31.1 Å². The maximum absolute atomic E-state index is 12.7. The van der Waals surface area contributed by atoms with Gasteiger partial charge >= 0.3 is 0 Å². The third kappa shape index (κ3) is 4.60. The second-order valence-electron chi connectivity index (χ2n) is 6.44. The van der Waals surface area contributed by atoms with E-state index in [1.165, 1.54) is 11.8 Å². The lowest BCUT2D eigenvalue weighted by Crippen LogP contribution is -2.15. The van der Waals surface area contributed by atoms with E-state index in [1.807, 2.05) is 55.5 Å². The minimum atomic E-state index is -0.193. The van der Waals surface area contributed by atoms with Gasteiger partial charge in [-0.15, -0.1) is 5.10 Å². The SMILES string of the molecule is Cc1oc(-c2ccccc2)nc1CC(=O)Nc1cc(Br)ccc1Sc1nnnn1C. The lowest BCUT2D eigenvalue weighted by molar-refractivity contribution is -0.115. The van der Waals surface area contributed by atoms with Gasteiger partial charge in [0.1, 0.15) is 5.76 Å². The van der Waals surface area contributed by atoms with E-state index in [1.54, 1.807) is 11.7 Å².